The maximum absolute atomic E-state index is 12.0. The molecule has 1 aliphatic heterocycles. The van der Waals surface area contributed by atoms with E-state index in [0.29, 0.717) is 26.1 Å². The standard InChI is InChI=1S/C12H24N2O3/c1-11(2,3)9(13)10(16)14-12(8-15)4-6-17-7-5-12/h9,15H,4-8,13H2,1-3H3,(H,14,16)/t9-/m0/s1. The minimum atomic E-state index is -0.575. The molecule has 0 radical (unpaired) electrons. The van der Waals surface area contributed by atoms with Crippen molar-refractivity contribution in [2.75, 3.05) is 19.8 Å². The zero-order chi connectivity index (χ0) is 13.1. The van der Waals surface area contributed by atoms with Gasteiger partial charge in [0, 0.05) is 13.2 Å². The Morgan fingerprint density at radius 2 is 2.00 bits per heavy atom. The predicted octanol–water partition coefficient (Wildman–Crippen LogP) is 0.0175. The Bertz CT molecular complexity index is 267. The third-order valence-electron chi connectivity index (χ3n) is 3.36. The van der Waals surface area contributed by atoms with E-state index < -0.39 is 11.6 Å². The van der Waals surface area contributed by atoms with E-state index in [4.69, 9.17) is 10.5 Å². The minimum absolute atomic E-state index is 0.0705. The first kappa shape index (κ1) is 14.4. The summed E-state index contributed by atoms with van der Waals surface area (Å²) in [5, 5.41) is 12.4. The molecule has 1 rings (SSSR count). The molecule has 4 N–H and O–H groups in total. The molecule has 1 amide bonds. The van der Waals surface area contributed by atoms with E-state index >= 15 is 0 Å². The van der Waals surface area contributed by atoms with Crippen LogP contribution in [0.3, 0.4) is 0 Å². The molecule has 0 aromatic carbocycles. The van der Waals surface area contributed by atoms with Crippen LogP contribution >= 0.6 is 0 Å². The van der Waals surface area contributed by atoms with Crippen LogP contribution in [0.15, 0.2) is 0 Å². The monoisotopic (exact) mass is 244 g/mol. The topological polar surface area (TPSA) is 84.6 Å². The van der Waals surface area contributed by atoms with Crippen LogP contribution < -0.4 is 11.1 Å². The zero-order valence-corrected chi connectivity index (χ0v) is 11.0. The molecule has 0 spiro atoms. The van der Waals surface area contributed by atoms with Crippen molar-refractivity contribution in [1.29, 1.82) is 0 Å². The van der Waals surface area contributed by atoms with Gasteiger partial charge in [0.15, 0.2) is 0 Å². The molecule has 0 aliphatic carbocycles. The van der Waals surface area contributed by atoms with Gasteiger partial charge in [0.05, 0.1) is 18.2 Å². The van der Waals surface area contributed by atoms with E-state index in [2.05, 4.69) is 5.32 Å². The highest BCUT2D eigenvalue weighted by atomic mass is 16.5. The Morgan fingerprint density at radius 3 is 2.41 bits per heavy atom. The smallest absolute Gasteiger partial charge is 0.237 e. The molecule has 1 saturated heterocycles. The Morgan fingerprint density at radius 1 is 1.47 bits per heavy atom. The SMILES string of the molecule is CC(C)(C)[C@@H](N)C(=O)NC1(CO)CCOCC1. The molecule has 1 atom stereocenters. The number of nitrogens with one attached hydrogen (secondary N) is 1. The van der Waals surface area contributed by atoms with Crippen molar-refractivity contribution in [2.45, 2.75) is 45.2 Å². The molecule has 100 valence electrons. The van der Waals surface area contributed by atoms with Crippen molar-refractivity contribution in [2.24, 2.45) is 11.1 Å². The van der Waals surface area contributed by atoms with Gasteiger partial charge < -0.3 is 20.9 Å². The van der Waals surface area contributed by atoms with Crippen LogP contribution in [0.1, 0.15) is 33.6 Å². The molecule has 1 fully saturated rings. The van der Waals surface area contributed by atoms with Crippen LogP contribution in [0.4, 0.5) is 0 Å². The number of aliphatic hydroxyl groups excluding tert-OH is 1. The molecule has 5 nitrogen and oxygen atoms in total. The average molecular weight is 244 g/mol. The second-order valence-corrected chi connectivity index (χ2v) is 5.88. The fourth-order valence-electron chi connectivity index (χ4n) is 1.82. The van der Waals surface area contributed by atoms with Gasteiger partial charge in [-0.05, 0) is 18.3 Å². The van der Waals surface area contributed by atoms with Crippen LogP contribution in [-0.2, 0) is 9.53 Å². The second kappa shape index (κ2) is 5.33. The molecule has 0 aromatic rings. The normalized spacial score (nSPS) is 21.9. The maximum atomic E-state index is 12.0. The summed E-state index contributed by atoms with van der Waals surface area (Å²) in [6.07, 6.45) is 1.26. The highest BCUT2D eigenvalue weighted by Gasteiger charge is 2.37. The molecule has 0 bridgehead atoms. The van der Waals surface area contributed by atoms with Crippen LogP contribution in [-0.4, -0.2) is 42.4 Å². The molecule has 1 heterocycles. The number of carbonyl (C=O) groups is 1. The number of ether oxygens (including phenoxy) is 1. The number of hydrogen-bond acceptors (Lipinski definition) is 4. The van der Waals surface area contributed by atoms with Crippen molar-refractivity contribution in [3.63, 3.8) is 0 Å². The van der Waals surface area contributed by atoms with Gasteiger partial charge in [-0.15, -0.1) is 0 Å². The number of amides is 1. The summed E-state index contributed by atoms with van der Waals surface area (Å²) in [5.41, 5.74) is 5.06. The molecule has 0 unspecified atom stereocenters. The Hall–Kier alpha value is -0.650. The Kier molecular flexibility index (Phi) is 4.52. The quantitative estimate of drug-likeness (QED) is 0.653. The molecular weight excluding hydrogens is 220 g/mol. The Labute approximate surface area is 103 Å². The number of hydrogen-bond donors (Lipinski definition) is 3. The van der Waals surface area contributed by atoms with Gasteiger partial charge in [-0.1, -0.05) is 20.8 Å². The van der Waals surface area contributed by atoms with Gasteiger partial charge in [0.1, 0.15) is 0 Å². The molecule has 0 saturated carbocycles. The summed E-state index contributed by atoms with van der Waals surface area (Å²) < 4.78 is 5.24. The molecule has 1 aliphatic rings. The van der Waals surface area contributed by atoms with Crippen molar-refractivity contribution >= 4 is 5.91 Å². The van der Waals surface area contributed by atoms with Gasteiger partial charge in [-0.3, -0.25) is 4.79 Å². The van der Waals surface area contributed by atoms with Crippen LogP contribution in [0.25, 0.3) is 0 Å². The lowest BCUT2D eigenvalue weighted by molar-refractivity contribution is -0.128. The lowest BCUT2D eigenvalue weighted by Gasteiger charge is -2.38. The zero-order valence-electron chi connectivity index (χ0n) is 11.0. The summed E-state index contributed by atoms with van der Waals surface area (Å²) in [6, 6.07) is -0.575. The minimum Gasteiger partial charge on any atom is -0.394 e. The van der Waals surface area contributed by atoms with Gasteiger partial charge in [-0.25, -0.2) is 0 Å². The summed E-state index contributed by atoms with van der Waals surface area (Å²) in [7, 11) is 0. The van der Waals surface area contributed by atoms with E-state index in [9.17, 15) is 9.90 Å². The highest BCUT2D eigenvalue weighted by Crippen LogP contribution is 2.22. The van der Waals surface area contributed by atoms with Gasteiger partial charge in [0.25, 0.3) is 0 Å². The van der Waals surface area contributed by atoms with Gasteiger partial charge in [0.2, 0.25) is 5.91 Å². The summed E-state index contributed by atoms with van der Waals surface area (Å²) in [6.45, 7) is 6.82. The first-order valence-electron chi connectivity index (χ1n) is 6.07. The summed E-state index contributed by atoms with van der Waals surface area (Å²) in [4.78, 5) is 12.0. The van der Waals surface area contributed by atoms with Crippen molar-refractivity contribution < 1.29 is 14.6 Å². The van der Waals surface area contributed by atoms with Crippen molar-refractivity contribution in [3.05, 3.63) is 0 Å². The number of aliphatic hydroxyl groups is 1. The third-order valence-corrected chi connectivity index (χ3v) is 3.36. The van der Waals surface area contributed by atoms with Crippen LogP contribution in [0, 0.1) is 5.41 Å². The molecule has 17 heavy (non-hydrogen) atoms. The van der Waals surface area contributed by atoms with Gasteiger partial charge in [-0.2, -0.15) is 0 Å². The Balaban J connectivity index is 2.65. The first-order chi connectivity index (χ1) is 7.81. The summed E-state index contributed by atoms with van der Waals surface area (Å²) in [5.74, 6) is -0.201. The predicted molar refractivity (Wildman–Crippen MR) is 65.4 cm³/mol. The largest absolute Gasteiger partial charge is 0.394 e. The number of nitrogens with two attached hydrogens (primary N) is 1. The van der Waals surface area contributed by atoms with E-state index in [1.54, 1.807) is 0 Å². The van der Waals surface area contributed by atoms with Crippen LogP contribution in [0.5, 0.6) is 0 Å². The van der Waals surface area contributed by atoms with Crippen molar-refractivity contribution in [3.8, 4) is 0 Å². The van der Waals surface area contributed by atoms with E-state index in [1.165, 1.54) is 0 Å². The number of carbonyl (C=O) groups excluding carboxylic acids is 1. The fourth-order valence-corrected chi connectivity index (χ4v) is 1.82. The fraction of sp³-hybridized carbons (Fsp3) is 0.917. The molecule has 0 aromatic heterocycles. The lowest BCUT2D eigenvalue weighted by atomic mass is 9.85. The molecule has 5 heteroatoms. The van der Waals surface area contributed by atoms with E-state index in [0.717, 1.165) is 0 Å². The summed E-state index contributed by atoms with van der Waals surface area (Å²) >= 11 is 0. The first-order valence-corrected chi connectivity index (χ1v) is 6.07. The van der Waals surface area contributed by atoms with Crippen molar-refractivity contribution in [1.82, 2.24) is 5.32 Å². The number of rotatable bonds is 3. The van der Waals surface area contributed by atoms with Gasteiger partial charge >= 0.3 is 0 Å². The van der Waals surface area contributed by atoms with E-state index in [-0.39, 0.29) is 17.9 Å². The second-order valence-electron chi connectivity index (χ2n) is 5.88. The third kappa shape index (κ3) is 3.66. The highest BCUT2D eigenvalue weighted by molar-refractivity contribution is 5.83. The van der Waals surface area contributed by atoms with E-state index in [1.807, 2.05) is 20.8 Å². The molecular formula is C12H24N2O3. The lowest BCUT2D eigenvalue weighted by Crippen LogP contribution is -2.60. The van der Waals surface area contributed by atoms with Crippen LogP contribution in [0.2, 0.25) is 0 Å². The average Bonchev–Trinajstić information content (AvgIpc) is 2.28. The maximum Gasteiger partial charge on any atom is 0.237 e.